The highest BCUT2D eigenvalue weighted by atomic mass is 35.5. The number of nitrogens with one attached hydrogen (secondary N) is 1. The monoisotopic (exact) mass is 383 g/mol. The Morgan fingerprint density at radius 1 is 1.23 bits per heavy atom. The molecule has 0 saturated carbocycles. The molecule has 1 amide bonds. The number of halogens is 4. The number of anilines is 1. The Labute approximate surface area is 151 Å². The minimum absolute atomic E-state index is 0.0176. The molecule has 3 rings (SSSR count). The van der Waals surface area contributed by atoms with Gasteiger partial charge in [0.15, 0.2) is 5.76 Å². The molecule has 1 aromatic heterocycles. The van der Waals surface area contributed by atoms with Gasteiger partial charge in [-0.05, 0) is 24.3 Å². The number of fused-ring (bicyclic) bond motifs is 1. The molecule has 0 aliphatic heterocycles. The summed E-state index contributed by atoms with van der Waals surface area (Å²) in [6.45, 7) is 0.139. The summed E-state index contributed by atoms with van der Waals surface area (Å²) in [4.78, 5) is 12.6. The summed E-state index contributed by atoms with van der Waals surface area (Å²) in [5.74, 6) is -0.612. The summed E-state index contributed by atoms with van der Waals surface area (Å²) < 4.78 is 48.8. The van der Waals surface area contributed by atoms with E-state index in [0.29, 0.717) is 11.1 Å². The van der Waals surface area contributed by atoms with Gasteiger partial charge < -0.3 is 14.5 Å². The van der Waals surface area contributed by atoms with Gasteiger partial charge in [-0.3, -0.25) is 4.79 Å². The first kappa shape index (κ1) is 18.3. The number of methoxy groups -OCH3 is 1. The van der Waals surface area contributed by atoms with Gasteiger partial charge in [0.2, 0.25) is 0 Å². The number of hydrogen-bond donors (Lipinski definition) is 1. The van der Waals surface area contributed by atoms with Gasteiger partial charge in [-0.15, -0.1) is 0 Å². The quantitative estimate of drug-likeness (QED) is 0.646. The topological polar surface area (TPSA) is 51.5 Å². The smallest absolute Gasteiger partial charge is 0.416 e. The van der Waals surface area contributed by atoms with E-state index in [1.807, 2.05) is 0 Å². The molecule has 26 heavy (non-hydrogen) atoms. The fraction of sp³-hybridized carbons (Fsp3) is 0.167. The van der Waals surface area contributed by atoms with Crippen molar-refractivity contribution in [2.75, 3.05) is 12.4 Å². The van der Waals surface area contributed by atoms with Gasteiger partial charge in [0.05, 0.1) is 22.9 Å². The third kappa shape index (κ3) is 3.54. The van der Waals surface area contributed by atoms with Crippen molar-refractivity contribution in [1.82, 2.24) is 0 Å². The normalized spacial score (nSPS) is 11.7. The van der Waals surface area contributed by atoms with E-state index in [0.717, 1.165) is 23.6 Å². The number of amides is 1. The molecule has 136 valence electrons. The molecule has 4 nitrogen and oxygen atoms in total. The van der Waals surface area contributed by atoms with Crippen molar-refractivity contribution >= 4 is 34.2 Å². The van der Waals surface area contributed by atoms with Gasteiger partial charge in [-0.25, -0.2) is 0 Å². The first-order valence-electron chi connectivity index (χ1n) is 7.48. The molecular formula is C18H13ClF3NO3. The summed E-state index contributed by atoms with van der Waals surface area (Å²) in [7, 11) is 1.48. The maximum atomic E-state index is 12.7. The third-order valence-corrected chi connectivity index (χ3v) is 4.05. The number of benzene rings is 2. The van der Waals surface area contributed by atoms with Crippen LogP contribution in [0.1, 0.15) is 21.7 Å². The fourth-order valence-electron chi connectivity index (χ4n) is 2.54. The Hall–Kier alpha value is -2.51. The lowest BCUT2D eigenvalue weighted by molar-refractivity contribution is -0.137. The van der Waals surface area contributed by atoms with Crippen LogP contribution in [0.15, 0.2) is 46.9 Å². The van der Waals surface area contributed by atoms with Crippen LogP contribution in [0.2, 0.25) is 5.02 Å². The second kappa shape index (κ2) is 7.01. The summed E-state index contributed by atoms with van der Waals surface area (Å²) in [5.41, 5.74) is 0.199. The molecule has 8 heteroatoms. The number of ether oxygens (including phenoxy) is 1. The average molecular weight is 384 g/mol. The van der Waals surface area contributed by atoms with E-state index in [1.165, 1.54) is 7.11 Å². The zero-order chi connectivity index (χ0) is 18.9. The molecule has 0 fully saturated rings. The molecule has 0 aliphatic rings. The maximum Gasteiger partial charge on any atom is 0.416 e. The van der Waals surface area contributed by atoms with Gasteiger partial charge in [0.1, 0.15) is 5.58 Å². The molecule has 0 radical (unpaired) electrons. The van der Waals surface area contributed by atoms with Crippen molar-refractivity contribution in [3.8, 4) is 0 Å². The number of furan rings is 1. The van der Waals surface area contributed by atoms with Crippen LogP contribution >= 0.6 is 11.6 Å². The number of alkyl halides is 3. The lowest BCUT2D eigenvalue weighted by atomic mass is 10.1. The summed E-state index contributed by atoms with van der Waals surface area (Å²) in [5, 5.41) is 2.97. The molecule has 0 unspecified atom stereocenters. The molecule has 1 N–H and O–H groups in total. The molecule has 0 bridgehead atoms. The Morgan fingerprint density at radius 3 is 2.62 bits per heavy atom. The minimum atomic E-state index is -4.52. The number of carbonyl (C=O) groups excluding carboxylic acids is 1. The van der Waals surface area contributed by atoms with Crippen molar-refractivity contribution in [3.63, 3.8) is 0 Å². The van der Waals surface area contributed by atoms with E-state index < -0.39 is 17.6 Å². The van der Waals surface area contributed by atoms with Crippen molar-refractivity contribution in [3.05, 3.63) is 64.4 Å². The highest BCUT2D eigenvalue weighted by Gasteiger charge is 2.31. The van der Waals surface area contributed by atoms with Gasteiger partial charge in [0.25, 0.3) is 5.91 Å². The number of rotatable bonds is 4. The minimum Gasteiger partial charge on any atom is -0.451 e. The van der Waals surface area contributed by atoms with Crippen LogP contribution in [0.4, 0.5) is 18.9 Å². The molecule has 3 aromatic rings. The lowest BCUT2D eigenvalue weighted by Crippen LogP contribution is -2.14. The first-order chi connectivity index (χ1) is 12.3. The summed E-state index contributed by atoms with van der Waals surface area (Å²) in [6, 6.07) is 9.75. The van der Waals surface area contributed by atoms with E-state index in [2.05, 4.69) is 5.32 Å². The Kier molecular flexibility index (Phi) is 4.93. The fourth-order valence-corrected chi connectivity index (χ4v) is 2.77. The molecular weight excluding hydrogens is 371 g/mol. The van der Waals surface area contributed by atoms with E-state index in [4.69, 9.17) is 20.8 Å². The zero-order valence-corrected chi connectivity index (χ0v) is 14.2. The predicted octanol–water partition coefficient (Wildman–Crippen LogP) is 5.50. The standard InChI is InChI=1S/C18H13ClF3NO3/c1-25-9-12-11-4-2-3-5-15(11)26-16(12)17(24)23-14-7-6-10(8-13(14)19)18(20,21)22/h2-8H,9H2,1H3,(H,23,24). The number of carbonyl (C=O) groups is 1. The van der Waals surface area contributed by atoms with Crippen molar-refractivity contribution < 1.29 is 27.1 Å². The Bertz CT molecular complexity index is 966. The maximum absolute atomic E-state index is 12.7. The van der Waals surface area contributed by atoms with Crippen LogP contribution in [0.25, 0.3) is 11.0 Å². The molecule has 2 aromatic carbocycles. The van der Waals surface area contributed by atoms with Crippen LogP contribution in [0, 0.1) is 0 Å². The van der Waals surface area contributed by atoms with Crippen LogP contribution in [0.5, 0.6) is 0 Å². The molecule has 0 spiro atoms. The largest absolute Gasteiger partial charge is 0.451 e. The highest BCUT2D eigenvalue weighted by molar-refractivity contribution is 6.34. The highest BCUT2D eigenvalue weighted by Crippen LogP contribution is 2.34. The Balaban J connectivity index is 1.93. The third-order valence-electron chi connectivity index (χ3n) is 3.74. The van der Waals surface area contributed by atoms with Crippen molar-refractivity contribution in [1.29, 1.82) is 0 Å². The molecule has 0 atom stereocenters. The van der Waals surface area contributed by atoms with Crippen LogP contribution < -0.4 is 5.32 Å². The molecule has 1 heterocycles. The van der Waals surface area contributed by atoms with Gasteiger partial charge in [0, 0.05) is 18.1 Å². The lowest BCUT2D eigenvalue weighted by Gasteiger charge is -2.11. The molecule has 0 saturated heterocycles. The SMILES string of the molecule is COCc1c(C(=O)Nc2ccc(C(F)(F)F)cc2Cl)oc2ccccc12. The van der Waals surface area contributed by atoms with Gasteiger partial charge in [-0.1, -0.05) is 29.8 Å². The second-order valence-electron chi connectivity index (χ2n) is 5.49. The van der Waals surface area contributed by atoms with Crippen LogP contribution in [-0.4, -0.2) is 13.0 Å². The predicted molar refractivity (Wildman–Crippen MR) is 91.3 cm³/mol. The number of para-hydroxylation sites is 1. The zero-order valence-electron chi connectivity index (χ0n) is 13.5. The van der Waals surface area contributed by atoms with E-state index in [1.54, 1.807) is 24.3 Å². The van der Waals surface area contributed by atoms with Crippen molar-refractivity contribution in [2.24, 2.45) is 0 Å². The van der Waals surface area contributed by atoms with Gasteiger partial charge in [-0.2, -0.15) is 13.2 Å². The van der Waals surface area contributed by atoms with E-state index in [-0.39, 0.29) is 23.1 Å². The average Bonchev–Trinajstić information content (AvgIpc) is 2.95. The first-order valence-corrected chi connectivity index (χ1v) is 7.86. The van der Waals surface area contributed by atoms with Crippen LogP contribution in [-0.2, 0) is 17.5 Å². The summed E-state index contributed by atoms with van der Waals surface area (Å²) >= 11 is 5.88. The molecule has 0 aliphatic carbocycles. The van der Waals surface area contributed by atoms with Crippen LogP contribution in [0.3, 0.4) is 0 Å². The Morgan fingerprint density at radius 2 is 1.96 bits per heavy atom. The van der Waals surface area contributed by atoms with Gasteiger partial charge >= 0.3 is 6.18 Å². The summed E-state index contributed by atoms with van der Waals surface area (Å²) in [6.07, 6.45) is -4.52. The number of hydrogen-bond acceptors (Lipinski definition) is 3. The van der Waals surface area contributed by atoms with E-state index in [9.17, 15) is 18.0 Å². The second-order valence-corrected chi connectivity index (χ2v) is 5.89. The van der Waals surface area contributed by atoms with E-state index >= 15 is 0 Å². The van der Waals surface area contributed by atoms with Crippen molar-refractivity contribution in [2.45, 2.75) is 12.8 Å².